The van der Waals surface area contributed by atoms with E-state index in [2.05, 4.69) is 4.72 Å². The van der Waals surface area contributed by atoms with E-state index in [1.807, 2.05) is 6.92 Å². The molecule has 0 spiro atoms. The Morgan fingerprint density at radius 3 is 2.27 bits per heavy atom. The maximum atomic E-state index is 11.5. The van der Waals surface area contributed by atoms with Gasteiger partial charge in [-0.05, 0) is 20.3 Å². The second-order valence-electron chi connectivity index (χ2n) is 4.06. The van der Waals surface area contributed by atoms with Gasteiger partial charge in [0.05, 0.1) is 5.75 Å². The first-order valence-corrected chi connectivity index (χ1v) is 6.61. The van der Waals surface area contributed by atoms with E-state index in [4.69, 9.17) is 5.11 Å². The van der Waals surface area contributed by atoms with E-state index in [-0.39, 0.29) is 5.75 Å². The number of carbonyl (C=O) groups is 1. The van der Waals surface area contributed by atoms with Crippen molar-refractivity contribution >= 4 is 16.0 Å². The molecule has 0 aliphatic carbocycles. The van der Waals surface area contributed by atoms with Gasteiger partial charge in [0.15, 0.2) is 0 Å². The first kappa shape index (κ1) is 14.4. The summed E-state index contributed by atoms with van der Waals surface area (Å²) in [6.07, 6.45) is 2.31. The van der Waals surface area contributed by atoms with E-state index >= 15 is 0 Å². The van der Waals surface area contributed by atoms with Crippen molar-refractivity contribution in [3.63, 3.8) is 0 Å². The third-order valence-electron chi connectivity index (χ3n) is 1.96. The van der Waals surface area contributed by atoms with Crippen molar-refractivity contribution < 1.29 is 18.3 Å². The number of unbranched alkanes of at least 4 members (excludes halogenated alkanes) is 2. The molecule has 0 amide bonds. The highest BCUT2D eigenvalue weighted by molar-refractivity contribution is 7.89. The zero-order valence-electron chi connectivity index (χ0n) is 9.41. The van der Waals surface area contributed by atoms with Gasteiger partial charge in [-0.25, -0.2) is 8.42 Å². The molecule has 0 saturated heterocycles. The van der Waals surface area contributed by atoms with Gasteiger partial charge in [-0.2, -0.15) is 4.72 Å². The fourth-order valence-electron chi connectivity index (χ4n) is 1.03. The second-order valence-corrected chi connectivity index (χ2v) is 5.90. The molecule has 0 heterocycles. The summed E-state index contributed by atoms with van der Waals surface area (Å²) in [5.74, 6) is -1.20. The number of carboxylic acids is 1. The van der Waals surface area contributed by atoms with Gasteiger partial charge in [-0.15, -0.1) is 0 Å². The van der Waals surface area contributed by atoms with Gasteiger partial charge in [0.25, 0.3) is 0 Å². The van der Waals surface area contributed by atoms with E-state index in [0.29, 0.717) is 6.42 Å². The Kier molecular flexibility index (Phi) is 5.23. The number of nitrogens with one attached hydrogen (secondary N) is 1. The fourth-order valence-corrected chi connectivity index (χ4v) is 2.58. The lowest BCUT2D eigenvalue weighted by molar-refractivity contribution is -0.142. The average Bonchev–Trinajstić information content (AvgIpc) is 2.01. The summed E-state index contributed by atoms with van der Waals surface area (Å²) in [5.41, 5.74) is -1.44. The Morgan fingerprint density at radius 2 is 1.87 bits per heavy atom. The Balaban J connectivity index is 4.32. The van der Waals surface area contributed by atoms with Gasteiger partial charge in [0.2, 0.25) is 10.0 Å². The molecule has 0 saturated carbocycles. The van der Waals surface area contributed by atoms with E-state index in [0.717, 1.165) is 12.8 Å². The lowest BCUT2D eigenvalue weighted by atomic mass is 10.1. The zero-order chi connectivity index (χ0) is 12.1. The molecule has 0 fully saturated rings. The maximum Gasteiger partial charge on any atom is 0.324 e. The molecule has 0 unspecified atom stereocenters. The van der Waals surface area contributed by atoms with Gasteiger partial charge in [-0.1, -0.05) is 19.8 Å². The molecule has 0 bridgehead atoms. The van der Waals surface area contributed by atoms with E-state index in [1.54, 1.807) is 0 Å². The number of hydrogen-bond donors (Lipinski definition) is 2. The van der Waals surface area contributed by atoms with Crippen molar-refractivity contribution in [2.75, 3.05) is 5.75 Å². The van der Waals surface area contributed by atoms with E-state index in [1.165, 1.54) is 13.8 Å². The molecule has 5 nitrogen and oxygen atoms in total. The third kappa shape index (κ3) is 5.74. The average molecular weight is 237 g/mol. The minimum Gasteiger partial charge on any atom is -0.480 e. The van der Waals surface area contributed by atoms with Crippen LogP contribution < -0.4 is 4.72 Å². The highest BCUT2D eigenvalue weighted by Gasteiger charge is 2.31. The van der Waals surface area contributed by atoms with Crippen LogP contribution in [0, 0.1) is 0 Å². The summed E-state index contributed by atoms with van der Waals surface area (Å²) in [5, 5.41) is 8.75. The van der Waals surface area contributed by atoms with E-state index in [9.17, 15) is 13.2 Å². The summed E-state index contributed by atoms with van der Waals surface area (Å²) in [7, 11) is -3.49. The highest BCUT2D eigenvalue weighted by Crippen LogP contribution is 2.06. The van der Waals surface area contributed by atoms with Gasteiger partial charge >= 0.3 is 5.97 Å². The smallest absolute Gasteiger partial charge is 0.324 e. The Labute approximate surface area is 90.9 Å². The summed E-state index contributed by atoms with van der Waals surface area (Å²) in [4.78, 5) is 10.7. The van der Waals surface area contributed by atoms with Crippen molar-refractivity contribution in [3.8, 4) is 0 Å². The summed E-state index contributed by atoms with van der Waals surface area (Å²) >= 11 is 0. The molecule has 0 rings (SSSR count). The lowest BCUT2D eigenvalue weighted by Gasteiger charge is -2.20. The molecule has 0 aromatic rings. The van der Waals surface area contributed by atoms with Crippen molar-refractivity contribution in [2.45, 2.75) is 45.6 Å². The van der Waals surface area contributed by atoms with Gasteiger partial charge < -0.3 is 5.11 Å². The molecule has 0 aliphatic heterocycles. The number of hydrogen-bond acceptors (Lipinski definition) is 3. The number of carboxylic acid groups (broad SMARTS) is 1. The zero-order valence-corrected chi connectivity index (χ0v) is 10.2. The van der Waals surface area contributed by atoms with Crippen LogP contribution >= 0.6 is 0 Å². The molecule has 0 aliphatic rings. The van der Waals surface area contributed by atoms with Crippen molar-refractivity contribution in [1.82, 2.24) is 4.72 Å². The predicted octanol–water partition coefficient (Wildman–Crippen LogP) is 0.959. The number of rotatable bonds is 7. The maximum absolute atomic E-state index is 11.5. The molecular formula is C9H19NO4S. The quantitative estimate of drug-likeness (QED) is 0.646. The summed E-state index contributed by atoms with van der Waals surface area (Å²) in [6, 6.07) is 0. The first-order chi connectivity index (χ1) is 6.71. The van der Waals surface area contributed by atoms with Crippen LogP contribution in [-0.2, 0) is 14.8 Å². The fraction of sp³-hybridized carbons (Fsp3) is 0.889. The molecule has 6 heteroatoms. The lowest BCUT2D eigenvalue weighted by Crippen LogP contribution is -2.50. The summed E-state index contributed by atoms with van der Waals surface area (Å²) < 4.78 is 25.1. The minimum atomic E-state index is -3.49. The molecule has 2 N–H and O–H groups in total. The standard InChI is InChI=1S/C9H19NO4S/c1-4-5-6-7-15(13,14)10-9(2,3)8(11)12/h10H,4-7H2,1-3H3,(H,11,12). The topological polar surface area (TPSA) is 83.5 Å². The van der Waals surface area contributed by atoms with Crippen LogP contribution in [0.3, 0.4) is 0 Å². The van der Waals surface area contributed by atoms with Crippen LogP contribution in [0.4, 0.5) is 0 Å². The number of aliphatic carboxylic acids is 1. The Morgan fingerprint density at radius 1 is 1.33 bits per heavy atom. The van der Waals surface area contributed by atoms with Crippen LogP contribution in [0.2, 0.25) is 0 Å². The Hall–Kier alpha value is -0.620. The molecule has 90 valence electrons. The molecule has 0 aromatic heterocycles. The molecular weight excluding hydrogens is 218 g/mol. The highest BCUT2D eigenvalue weighted by atomic mass is 32.2. The van der Waals surface area contributed by atoms with Crippen LogP contribution in [0.1, 0.15) is 40.0 Å². The van der Waals surface area contributed by atoms with Crippen molar-refractivity contribution in [3.05, 3.63) is 0 Å². The van der Waals surface area contributed by atoms with Crippen LogP contribution in [0.15, 0.2) is 0 Å². The minimum absolute atomic E-state index is 0.0163. The van der Waals surface area contributed by atoms with Crippen LogP contribution in [0.25, 0.3) is 0 Å². The molecule has 0 atom stereocenters. The SMILES string of the molecule is CCCCCS(=O)(=O)NC(C)(C)C(=O)O. The monoisotopic (exact) mass is 237 g/mol. The molecule has 0 aromatic carbocycles. The van der Waals surface area contributed by atoms with Gasteiger partial charge in [-0.3, -0.25) is 4.79 Å². The number of sulfonamides is 1. The predicted molar refractivity (Wildman–Crippen MR) is 58.2 cm³/mol. The summed E-state index contributed by atoms with van der Waals surface area (Å²) in [6.45, 7) is 4.63. The molecule has 15 heavy (non-hydrogen) atoms. The molecule has 0 radical (unpaired) electrons. The third-order valence-corrected chi connectivity index (χ3v) is 3.61. The van der Waals surface area contributed by atoms with Crippen LogP contribution in [0.5, 0.6) is 0 Å². The second kappa shape index (κ2) is 5.46. The Bertz CT molecular complexity index is 308. The van der Waals surface area contributed by atoms with E-state index < -0.39 is 21.5 Å². The largest absolute Gasteiger partial charge is 0.480 e. The van der Waals surface area contributed by atoms with Crippen molar-refractivity contribution in [2.24, 2.45) is 0 Å². The normalized spacial score (nSPS) is 12.7. The van der Waals surface area contributed by atoms with Crippen molar-refractivity contribution in [1.29, 1.82) is 0 Å². The van der Waals surface area contributed by atoms with Gasteiger partial charge in [0.1, 0.15) is 5.54 Å². The first-order valence-electron chi connectivity index (χ1n) is 4.96. The van der Waals surface area contributed by atoms with Gasteiger partial charge in [0, 0.05) is 0 Å². The van der Waals surface area contributed by atoms with Crippen LogP contribution in [-0.4, -0.2) is 30.8 Å².